The van der Waals surface area contributed by atoms with Crippen LogP contribution in [0.5, 0.6) is 11.5 Å². The van der Waals surface area contributed by atoms with Crippen LogP contribution in [-0.2, 0) is 4.79 Å². The molecule has 0 saturated carbocycles. The highest BCUT2D eigenvalue weighted by molar-refractivity contribution is 5.97. The van der Waals surface area contributed by atoms with Crippen molar-refractivity contribution in [3.05, 3.63) is 90.0 Å². The zero-order valence-corrected chi connectivity index (χ0v) is 16.9. The van der Waals surface area contributed by atoms with Crippen LogP contribution < -0.4 is 21.1 Å². The Balaban J connectivity index is 1.57. The number of nitriles is 1. The Morgan fingerprint density at radius 3 is 2.71 bits per heavy atom. The Labute approximate surface area is 181 Å². The van der Waals surface area contributed by atoms with Gasteiger partial charge in [-0.15, -0.1) is 0 Å². The van der Waals surface area contributed by atoms with Gasteiger partial charge in [-0.05, 0) is 53.6 Å². The van der Waals surface area contributed by atoms with Gasteiger partial charge in [0.15, 0.2) is 5.75 Å². The lowest BCUT2D eigenvalue weighted by Gasteiger charge is -2.18. The summed E-state index contributed by atoms with van der Waals surface area (Å²) in [6.07, 6.45) is 0.390. The van der Waals surface area contributed by atoms with E-state index in [0.29, 0.717) is 41.4 Å². The van der Waals surface area contributed by atoms with Crippen LogP contribution in [0.2, 0.25) is 0 Å². The maximum Gasteiger partial charge on any atom is 0.227 e. The molecule has 6 nitrogen and oxygen atoms in total. The molecule has 1 aliphatic heterocycles. The number of hydrogen-bond acceptors (Lipinski definition) is 5. The number of nitrogens with two attached hydrogens (primary N) is 2. The van der Waals surface area contributed by atoms with E-state index in [-0.39, 0.29) is 11.8 Å². The number of benzene rings is 3. The van der Waals surface area contributed by atoms with Crippen molar-refractivity contribution < 1.29 is 9.53 Å². The third kappa shape index (κ3) is 4.21. The molecule has 3 aromatic rings. The summed E-state index contributed by atoms with van der Waals surface area (Å²) in [6.45, 7) is 4.32. The molecule has 4 rings (SSSR count). The molecule has 1 atom stereocenters. The van der Waals surface area contributed by atoms with Gasteiger partial charge < -0.3 is 21.1 Å². The number of nitrogen functional groups attached to an aromatic ring is 1. The van der Waals surface area contributed by atoms with E-state index in [0.717, 1.165) is 16.8 Å². The van der Waals surface area contributed by atoms with Gasteiger partial charge in [0.1, 0.15) is 5.75 Å². The minimum Gasteiger partial charge on any atom is -0.455 e. The van der Waals surface area contributed by atoms with Crippen LogP contribution in [0.1, 0.15) is 29.0 Å². The normalized spacial score (nSPS) is 15.5. The number of hydrogen-bond donors (Lipinski definition) is 2. The van der Waals surface area contributed by atoms with E-state index >= 15 is 0 Å². The highest BCUT2D eigenvalue weighted by Crippen LogP contribution is 2.36. The number of nitrogens with zero attached hydrogens (tertiary/aromatic N) is 2. The number of carbonyl (C=O) groups excluding carboxylic acids is 1. The topological polar surface area (TPSA) is 105 Å². The second kappa shape index (κ2) is 8.25. The van der Waals surface area contributed by atoms with Crippen molar-refractivity contribution in [1.82, 2.24) is 0 Å². The molecule has 0 unspecified atom stereocenters. The molecule has 4 N–H and O–H groups in total. The molecule has 0 aromatic heterocycles. The Kier molecular flexibility index (Phi) is 5.33. The van der Waals surface area contributed by atoms with Crippen LogP contribution in [-0.4, -0.2) is 12.5 Å². The van der Waals surface area contributed by atoms with Crippen LogP contribution in [0, 0.1) is 11.3 Å². The summed E-state index contributed by atoms with van der Waals surface area (Å²) < 4.78 is 5.93. The van der Waals surface area contributed by atoms with Crippen molar-refractivity contribution in [3.8, 4) is 17.6 Å². The fraction of sp³-hybridized carbons (Fsp3) is 0.120. The highest BCUT2D eigenvalue weighted by Gasteiger charge is 2.32. The predicted octanol–water partition coefficient (Wildman–Crippen LogP) is 4.38. The molecule has 0 aliphatic carbocycles. The molecule has 1 saturated heterocycles. The summed E-state index contributed by atoms with van der Waals surface area (Å²) in [5, 5.41) is 9.08. The van der Waals surface area contributed by atoms with E-state index in [4.69, 9.17) is 21.5 Å². The zero-order chi connectivity index (χ0) is 22.0. The minimum atomic E-state index is 0.00521. The van der Waals surface area contributed by atoms with Gasteiger partial charge in [-0.25, -0.2) is 0 Å². The molecule has 1 heterocycles. The van der Waals surface area contributed by atoms with Crippen molar-refractivity contribution in [2.75, 3.05) is 17.2 Å². The molecule has 154 valence electrons. The van der Waals surface area contributed by atoms with Gasteiger partial charge >= 0.3 is 0 Å². The van der Waals surface area contributed by atoms with Crippen molar-refractivity contribution >= 4 is 23.0 Å². The fourth-order valence-electron chi connectivity index (χ4n) is 3.70. The molecule has 1 aliphatic rings. The number of anilines is 2. The lowest BCUT2D eigenvalue weighted by molar-refractivity contribution is -0.117. The van der Waals surface area contributed by atoms with Gasteiger partial charge in [0.2, 0.25) is 5.91 Å². The maximum absolute atomic E-state index is 12.7. The summed E-state index contributed by atoms with van der Waals surface area (Å²) in [4.78, 5) is 14.5. The smallest absolute Gasteiger partial charge is 0.227 e. The van der Waals surface area contributed by atoms with Crippen LogP contribution in [0.25, 0.3) is 5.70 Å². The van der Waals surface area contributed by atoms with E-state index in [1.54, 1.807) is 35.2 Å². The average Bonchev–Trinajstić information content (AvgIpc) is 3.17. The second-order valence-electron chi connectivity index (χ2n) is 7.52. The summed E-state index contributed by atoms with van der Waals surface area (Å²) >= 11 is 0. The largest absolute Gasteiger partial charge is 0.455 e. The summed E-state index contributed by atoms with van der Waals surface area (Å²) in [7, 11) is 0. The van der Waals surface area contributed by atoms with Gasteiger partial charge in [-0.3, -0.25) is 4.79 Å². The van der Waals surface area contributed by atoms with E-state index in [1.165, 1.54) is 0 Å². The molecular weight excluding hydrogens is 388 g/mol. The van der Waals surface area contributed by atoms with Crippen LogP contribution in [0.15, 0.2) is 73.3 Å². The summed E-state index contributed by atoms with van der Waals surface area (Å²) in [5.74, 6) is 1.09. The average molecular weight is 410 g/mol. The van der Waals surface area contributed by atoms with Crippen molar-refractivity contribution in [3.63, 3.8) is 0 Å². The SMILES string of the molecule is C=C(N)c1cccc(N2C[C@@H](c3ccc(N)c(Oc4cccc(C#N)c4)c3)CC2=O)c1. The number of amides is 1. The number of carbonyl (C=O) groups is 1. The van der Waals surface area contributed by atoms with Crippen LogP contribution in [0.3, 0.4) is 0 Å². The van der Waals surface area contributed by atoms with Gasteiger partial charge in [-0.1, -0.05) is 30.8 Å². The molecule has 0 bridgehead atoms. The molecule has 6 heteroatoms. The number of ether oxygens (including phenoxy) is 1. The van der Waals surface area contributed by atoms with E-state index in [2.05, 4.69) is 12.6 Å². The third-order valence-electron chi connectivity index (χ3n) is 5.35. The predicted molar refractivity (Wildman–Crippen MR) is 121 cm³/mol. The van der Waals surface area contributed by atoms with E-state index in [1.807, 2.05) is 36.4 Å². The van der Waals surface area contributed by atoms with Gasteiger partial charge in [0.25, 0.3) is 0 Å². The highest BCUT2D eigenvalue weighted by atomic mass is 16.5. The Morgan fingerprint density at radius 2 is 1.94 bits per heavy atom. The van der Waals surface area contributed by atoms with Gasteiger partial charge in [0.05, 0.1) is 17.3 Å². The molecule has 1 amide bonds. The zero-order valence-electron chi connectivity index (χ0n) is 16.9. The Bertz CT molecular complexity index is 1210. The van der Waals surface area contributed by atoms with Crippen molar-refractivity contribution in [2.45, 2.75) is 12.3 Å². The first kappa shape index (κ1) is 20.0. The first-order valence-corrected chi connectivity index (χ1v) is 9.87. The first-order valence-electron chi connectivity index (χ1n) is 9.87. The molecule has 0 radical (unpaired) electrons. The molecule has 0 spiro atoms. The Morgan fingerprint density at radius 1 is 1.13 bits per heavy atom. The minimum absolute atomic E-state index is 0.00521. The molecule has 1 fully saturated rings. The van der Waals surface area contributed by atoms with E-state index < -0.39 is 0 Å². The lowest BCUT2D eigenvalue weighted by Crippen LogP contribution is -2.24. The van der Waals surface area contributed by atoms with E-state index in [9.17, 15) is 4.79 Å². The maximum atomic E-state index is 12.7. The van der Waals surface area contributed by atoms with Gasteiger partial charge in [0, 0.05) is 30.3 Å². The monoisotopic (exact) mass is 410 g/mol. The van der Waals surface area contributed by atoms with Crippen LogP contribution in [0.4, 0.5) is 11.4 Å². The Hall–Kier alpha value is -4.24. The lowest BCUT2D eigenvalue weighted by atomic mass is 9.97. The fourth-order valence-corrected chi connectivity index (χ4v) is 3.70. The molecule has 31 heavy (non-hydrogen) atoms. The first-order chi connectivity index (χ1) is 14.9. The van der Waals surface area contributed by atoms with Gasteiger partial charge in [-0.2, -0.15) is 5.26 Å². The third-order valence-corrected chi connectivity index (χ3v) is 5.35. The second-order valence-corrected chi connectivity index (χ2v) is 7.52. The van der Waals surface area contributed by atoms with Crippen LogP contribution >= 0.6 is 0 Å². The van der Waals surface area contributed by atoms with Crippen molar-refractivity contribution in [1.29, 1.82) is 5.26 Å². The summed E-state index contributed by atoms with van der Waals surface area (Å²) in [6, 6.07) is 22.1. The van der Waals surface area contributed by atoms with Crippen molar-refractivity contribution in [2.24, 2.45) is 5.73 Å². The molecular formula is C25H22N4O2. The quantitative estimate of drug-likeness (QED) is 0.607. The summed E-state index contributed by atoms with van der Waals surface area (Å²) in [5.41, 5.74) is 15.9. The standard InChI is InChI=1S/C25H22N4O2/c1-16(27)18-5-3-6-21(11-18)29-15-20(13-25(29)30)19-8-9-23(28)24(12-19)31-22-7-2-4-17(10-22)14-26/h2-12,20H,1,13,15,27-28H2/t20-/m0/s1. The number of rotatable bonds is 5. The molecule has 3 aromatic carbocycles.